The predicted molar refractivity (Wildman–Crippen MR) is 120 cm³/mol. The summed E-state index contributed by atoms with van der Waals surface area (Å²) in [5.41, 5.74) is 2.16. The quantitative estimate of drug-likeness (QED) is 0.496. The summed E-state index contributed by atoms with van der Waals surface area (Å²) in [6.45, 7) is 5.90. The number of rotatable bonds is 5. The number of amides is 1. The topological polar surface area (TPSA) is 91.4 Å². The van der Waals surface area contributed by atoms with E-state index in [2.05, 4.69) is 0 Å². The van der Waals surface area contributed by atoms with Gasteiger partial charge < -0.3 is 18.9 Å². The minimum Gasteiger partial charge on any atom is -0.489 e. The molecular formula is C25H29NO7. The van der Waals surface area contributed by atoms with Crippen molar-refractivity contribution in [3.05, 3.63) is 64.7 Å². The monoisotopic (exact) mass is 455 g/mol. The number of ether oxygens (including phenoxy) is 4. The summed E-state index contributed by atoms with van der Waals surface area (Å²) in [5, 5.41) is 0. The summed E-state index contributed by atoms with van der Waals surface area (Å²) < 4.78 is 21.1. The maximum absolute atomic E-state index is 12.7. The van der Waals surface area contributed by atoms with Crippen LogP contribution < -0.4 is 4.74 Å². The minimum absolute atomic E-state index is 0.258. The Morgan fingerprint density at radius 2 is 1.79 bits per heavy atom. The standard InChI is InChI=1S/C25H29NO7/c1-25(2,3)33-24(29)26-12-11-17-14-19(9-10-20(17)21(26)23(28)31-5)32-15-16-7-6-8-18(13-16)22(27)30-4/h6-10,13-14,21H,11-12,15H2,1-5H3/t21-/m1/s1. The van der Waals surface area contributed by atoms with Crippen molar-refractivity contribution in [2.45, 2.75) is 45.4 Å². The molecule has 1 heterocycles. The minimum atomic E-state index is -0.889. The Morgan fingerprint density at radius 3 is 2.45 bits per heavy atom. The van der Waals surface area contributed by atoms with Gasteiger partial charge in [0, 0.05) is 6.54 Å². The number of carbonyl (C=O) groups is 3. The molecule has 0 aromatic heterocycles. The predicted octanol–water partition coefficient (Wildman–Crippen LogP) is 4.06. The maximum atomic E-state index is 12.7. The van der Waals surface area contributed by atoms with Crippen molar-refractivity contribution in [2.24, 2.45) is 0 Å². The number of hydrogen-bond donors (Lipinski definition) is 0. The molecule has 1 atom stereocenters. The molecule has 2 aromatic carbocycles. The summed E-state index contributed by atoms with van der Waals surface area (Å²) in [5.74, 6) is -0.323. The number of carbonyl (C=O) groups excluding carboxylic acids is 3. The number of esters is 2. The third-order valence-electron chi connectivity index (χ3n) is 5.15. The van der Waals surface area contributed by atoms with E-state index in [1.54, 1.807) is 51.1 Å². The van der Waals surface area contributed by atoms with E-state index >= 15 is 0 Å². The van der Waals surface area contributed by atoms with Gasteiger partial charge in [0.15, 0.2) is 6.04 Å². The molecule has 8 heteroatoms. The highest BCUT2D eigenvalue weighted by molar-refractivity contribution is 5.89. The van der Waals surface area contributed by atoms with Crippen molar-refractivity contribution in [2.75, 3.05) is 20.8 Å². The molecule has 33 heavy (non-hydrogen) atoms. The Labute approximate surface area is 193 Å². The third kappa shape index (κ3) is 5.83. The molecule has 0 fully saturated rings. The van der Waals surface area contributed by atoms with Gasteiger partial charge in [-0.15, -0.1) is 0 Å². The van der Waals surface area contributed by atoms with Crippen molar-refractivity contribution in [3.8, 4) is 5.75 Å². The first kappa shape index (κ1) is 24.1. The van der Waals surface area contributed by atoms with E-state index in [1.807, 2.05) is 12.1 Å². The summed E-state index contributed by atoms with van der Waals surface area (Å²) in [6, 6.07) is 11.5. The zero-order valence-electron chi connectivity index (χ0n) is 19.5. The maximum Gasteiger partial charge on any atom is 0.411 e. The molecule has 176 valence electrons. The van der Waals surface area contributed by atoms with E-state index in [4.69, 9.17) is 18.9 Å². The van der Waals surface area contributed by atoms with Crippen LogP contribution in [0.25, 0.3) is 0 Å². The van der Waals surface area contributed by atoms with E-state index < -0.39 is 29.7 Å². The second-order valence-corrected chi connectivity index (χ2v) is 8.69. The van der Waals surface area contributed by atoms with Gasteiger partial charge >= 0.3 is 18.0 Å². The molecule has 2 aromatic rings. The van der Waals surface area contributed by atoms with Gasteiger partial charge in [0.1, 0.15) is 18.0 Å². The van der Waals surface area contributed by atoms with E-state index in [1.165, 1.54) is 19.1 Å². The number of benzene rings is 2. The van der Waals surface area contributed by atoms with E-state index in [0.29, 0.717) is 29.8 Å². The first-order valence-corrected chi connectivity index (χ1v) is 10.6. The van der Waals surface area contributed by atoms with Crippen molar-refractivity contribution < 1.29 is 33.3 Å². The molecule has 0 spiro atoms. The molecule has 1 aliphatic rings. The van der Waals surface area contributed by atoms with Crippen LogP contribution >= 0.6 is 0 Å². The smallest absolute Gasteiger partial charge is 0.411 e. The van der Waals surface area contributed by atoms with Crippen LogP contribution in [0.4, 0.5) is 4.79 Å². The van der Waals surface area contributed by atoms with Crippen LogP contribution in [-0.4, -0.2) is 49.3 Å². The number of nitrogens with zero attached hydrogens (tertiary/aromatic N) is 1. The normalized spacial score (nSPS) is 15.3. The number of methoxy groups -OCH3 is 2. The summed E-state index contributed by atoms with van der Waals surface area (Å²) >= 11 is 0. The van der Waals surface area contributed by atoms with Crippen molar-refractivity contribution in [3.63, 3.8) is 0 Å². The Kier molecular flexibility index (Phi) is 7.26. The van der Waals surface area contributed by atoms with Gasteiger partial charge in [0.2, 0.25) is 0 Å². The average molecular weight is 456 g/mol. The molecule has 0 N–H and O–H groups in total. The zero-order valence-corrected chi connectivity index (χ0v) is 19.5. The van der Waals surface area contributed by atoms with Crippen LogP contribution in [0.5, 0.6) is 5.75 Å². The van der Waals surface area contributed by atoms with Gasteiger partial charge in [-0.2, -0.15) is 0 Å². The SMILES string of the molecule is COC(=O)c1cccc(COc2ccc3c(c2)CCN(C(=O)OC(C)(C)C)[C@H]3C(=O)OC)c1. The van der Waals surface area contributed by atoms with Crippen LogP contribution in [0.2, 0.25) is 0 Å². The van der Waals surface area contributed by atoms with Gasteiger partial charge in [-0.05, 0) is 68.1 Å². The first-order valence-electron chi connectivity index (χ1n) is 10.6. The summed E-state index contributed by atoms with van der Waals surface area (Å²) in [6.07, 6.45) is -0.0220. The molecule has 0 bridgehead atoms. The van der Waals surface area contributed by atoms with Gasteiger partial charge in [0.25, 0.3) is 0 Å². The summed E-state index contributed by atoms with van der Waals surface area (Å²) in [4.78, 5) is 38.4. The Balaban J connectivity index is 1.79. The van der Waals surface area contributed by atoms with Gasteiger partial charge in [-0.25, -0.2) is 14.4 Å². The molecule has 8 nitrogen and oxygen atoms in total. The second-order valence-electron chi connectivity index (χ2n) is 8.69. The number of fused-ring (bicyclic) bond motifs is 1. The fourth-order valence-corrected chi connectivity index (χ4v) is 3.65. The van der Waals surface area contributed by atoms with E-state index in [0.717, 1.165) is 11.1 Å². The van der Waals surface area contributed by atoms with Crippen LogP contribution in [-0.2, 0) is 32.0 Å². The second kappa shape index (κ2) is 9.94. The first-order chi connectivity index (χ1) is 15.6. The van der Waals surface area contributed by atoms with Crippen molar-refractivity contribution in [1.29, 1.82) is 0 Å². The molecule has 3 rings (SSSR count). The lowest BCUT2D eigenvalue weighted by atomic mass is 9.92. The zero-order chi connectivity index (χ0) is 24.2. The average Bonchev–Trinajstić information content (AvgIpc) is 2.79. The van der Waals surface area contributed by atoms with Gasteiger partial charge in [0.05, 0.1) is 19.8 Å². The lowest BCUT2D eigenvalue weighted by Gasteiger charge is -2.36. The Hall–Kier alpha value is -3.55. The molecule has 0 saturated carbocycles. The van der Waals surface area contributed by atoms with Gasteiger partial charge in [-0.1, -0.05) is 18.2 Å². The Morgan fingerprint density at radius 1 is 1.03 bits per heavy atom. The lowest BCUT2D eigenvalue weighted by Crippen LogP contribution is -2.46. The third-order valence-corrected chi connectivity index (χ3v) is 5.15. The highest BCUT2D eigenvalue weighted by atomic mass is 16.6. The summed E-state index contributed by atoms with van der Waals surface area (Å²) in [7, 11) is 2.63. The fraction of sp³-hybridized carbons (Fsp3) is 0.400. The fourth-order valence-electron chi connectivity index (χ4n) is 3.65. The Bertz CT molecular complexity index is 1040. The molecule has 1 aliphatic heterocycles. The van der Waals surface area contributed by atoms with Crippen molar-refractivity contribution >= 4 is 18.0 Å². The van der Waals surface area contributed by atoms with Crippen LogP contribution in [0.3, 0.4) is 0 Å². The lowest BCUT2D eigenvalue weighted by molar-refractivity contribution is -0.147. The largest absolute Gasteiger partial charge is 0.489 e. The van der Waals surface area contributed by atoms with Crippen LogP contribution in [0.15, 0.2) is 42.5 Å². The molecule has 0 unspecified atom stereocenters. The highest BCUT2D eigenvalue weighted by Crippen LogP contribution is 2.34. The molecule has 0 saturated heterocycles. The van der Waals surface area contributed by atoms with Gasteiger partial charge in [-0.3, -0.25) is 4.90 Å². The molecule has 0 aliphatic carbocycles. The number of hydrogen-bond acceptors (Lipinski definition) is 7. The molecule has 1 amide bonds. The van der Waals surface area contributed by atoms with Crippen molar-refractivity contribution in [1.82, 2.24) is 4.90 Å². The molecular weight excluding hydrogens is 426 g/mol. The van der Waals surface area contributed by atoms with E-state index in [-0.39, 0.29) is 6.61 Å². The highest BCUT2D eigenvalue weighted by Gasteiger charge is 2.39. The molecule has 0 radical (unpaired) electrons. The van der Waals surface area contributed by atoms with Crippen LogP contribution in [0.1, 0.15) is 53.9 Å². The van der Waals surface area contributed by atoms with E-state index in [9.17, 15) is 14.4 Å². The van der Waals surface area contributed by atoms with Crippen LogP contribution in [0, 0.1) is 0 Å².